The van der Waals surface area contributed by atoms with Crippen LogP contribution >= 0.6 is 23.2 Å². The van der Waals surface area contributed by atoms with Crippen LogP contribution in [0.25, 0.3) is 5.69 Å². The molecular formula is C10H6Cl2F3N3. The number of hydrogen-bond acceptors (Lipinski definition) is 2. The lowest BCUT2D eigenvalue weighted by atomic mass is 10.1. The van der Waals surface area contributed by atoms with Crippen molar-refractivity contribution >= 4 is 23.2 Å². The van der Waals surface area contributed by atoms with Gasteiger partial charge in [0.2, 0.25) is 0 Å². The molecule has 0 aliphatic rings. The highest BCUT2D eigenvalue weighted by molar-refractivity contribution is 6.30. The van der Waals surface area contributed by atoms with Crippen LogP contribution in [-0.4, -0.2) is 14.8 Å². The van der Waals surface area contributed by atoms with Gasteiger partial charge in [-0.3, -0.25) is 4.57 Å². The topological polar surface area (TPSA) is 30.7 Å². The number of alkyl halides is 4. The summed E-state index contributed by atoms with van der Waals surface area (Å²) in [5.41, 5.74) is -0.964. The SMILES string of the molecule is FC(F)(F)c1cc(Cl)ccc1-n1cnnc1CCl. The van der Waals surface area contributed by atoms with Gasteiger partial charge >= 0.3 is 6.18 Å². The third-order valence-electron chi connectivity index (χ3n) is 2.26. The summed E-state index contributed by atoms with van der Waals surface area (Å²) in [7, 11) is 0. The Morgan fingerprint density at radius 1 is 1.28 bits per heavy atom. The van der Waals surface area contributed by atoms with Crippen molar-refractivity contribution in [3.8, 4) is 5.69 Å². The summed E-state index contributed by atoms with van der Waals surface area (Å²) in [5, 5.41) is 7.19. The third kappa shape index (κ3) is 2.44. The summed E-state index contributed by atoms with van der Waals surface area (Å²) in [4.78, 5) is 0. The average Bonchev–Trinajstić information content (AvgIpc) is 2.75. The van der Waals surface area contributed by atoms with E-state index < -0.39 is 11.7 Å². The predicted molar refractivity (Wildman–Crippen MR) is 60.9 cm³/mol. The molecule has 2 aromatic rings. The second-order valence-electron chi connectivity index (χ2n) is 3.41. The summed E-state index contributed by atoms with van der Waals surface area (Å²) >= 11 is 11.2. The molecule has 0 N–H and O–H groups in total. The zero-order chi connectivity index (χ0) is 13.3. The average molecular weight is 296 g/mol. The van der Waals surface area contributed by atoms with E-state index in [1.165, 1.54) is 23.0 Å². The van der Waals surface area contributed by atoms with Crippen LogP contribution in [0.1, 0.15) is 11.4 Å². The van der Waals surface area contributed by atoms with Crippen molar-refractivity contribution in [2.75, 3.05) is 0 Å². The van der Waals surface area contributed by atoms with E-state index in [1.54, 1.807) is 0 Å². The lowest BCUT2D eigenvalue weighted by Crippen LogP contribution is -2.11. The fourth-order valence-corrected chi connectivity index (χ4v) is 1.85. The molecule has 1 heterocycles. The Bertz CT molecular complexity index is 566. The summed E-state index contributed by atoms with van der Waals surface area (Å²) in [6.07, 6.45) is -3.34. The molecule has 0 spiro atoms. The number of benzene rings is 1. The van der Waals surface area contributed by atoms with Gasteiger partial charge in [0, 0.05) is 5.02 Å². The van der Waals surface area contributed by atoms with Gasteiger partial charge in [-0.1, -0.05) is 11.6 Å². The third-order valence-corrected chi connectivity index (χ3v) is 2.74. The summed E-state index contributed by atoms with van der Waals surface area (Å²) < 4.78 is 39.9. The van der Waals surface area contributed by atoms with E-state index in [0.29, 0.717) is 0 Å². The smallest absolute Gasteiger partial charge is 0.284 e. The molecule has 0 fully saturated rings. The Morgan fingerprint density at radius 2 is 2.00 bits per heavy atom. The molecule has 1 aromatic heterocycles. The van der Waals surface area contributed by atoms with E-state index in [0.717, 1.165) is 6.07 Å². The fourth-order valence-electron chi connectivity index (χ4n) is 1.50. The van der Waals surface area contributed by atoms with Crippen molar-refractivity contribution < 1.29 is 13.2 Å². The second-order valence-corrected chi connectivity index (χ2v) is 4.11. The van der Waals surface area contributed by atoms with Crippen LogP contribution in [0.5, 0.6) is 0 Å². The van der Waals surface area contributed by atoms with E-state index in [9.17, 15) is 13.2 Å². The molecule has 8 heteroatoms. The van der Waals surface area contributed by atoms with E-state index in [1.807, 2.05) is 0 Å². The quantitative estimate of drug-likeness (QED) is 0.791. The molecule has 2 rings (SSSR count). The van der Waals surface area contributed by atoms with Crippen molar-refractivity contribution in [3.63, 3.8) is 0 Å². The molecule has 0 aliphatic carbocycles. The lowest BCUT2D eigenvalue weighted by Gasteiger charge is -2.14. The summed E-state index contributed by atoms with van der Waals surface area (Å²) in [5.74, 6) is 0.185. The number of rotatable bonds is 2. The van der Waals surface area contributed by atoms with Crippen molar-refractivity contribution in [2.45, 2.75) is 12.1 Å². The Balaban J connectivity index is 2.65. The molecule has 0 unspecified atom stereocenters. The molecule has 18 heavy (non-hydrogen) atoms. The molecule has 3 nitrogen and oxygen atoms in total. The summed E-state index contributed by atoms with van der Waals surface area (Å²) in [6, 6.07) is 3.48. The zero-order valence-electron chi connectivity index (χ0n) is 8.75. The second kappa shape index (κ2) is 4.78. The summed E-state index contributed by atoms with van der Waals surface area (Å²) in [6.45, 7) is 0. The van der Waals surface area contributed by atoms with Gasteiger partial charge < -0.3 is 0 Å². The van der Waals surface area contributed by atoms with Crippen LogP contribution in [0.15, 0.2) is 24.5 Å². The Kier molecular flexibility index (Phi) is 3.49. The van der Waals surface area contributed by atoms with Crippen molar-refractivity contribution in [2.24, 2.45) is 0 Å². The van der Waals surface area contributed by atoms with Crippen LogP contribution in [0.3, 0.4) is 0 Å². The van der Waals surface area contributed by atoms with Crippen molar-refractivity contribution in [1.29, 1.82) is 0 Å². The first kappa shape index (κ1) is 13.2. The molecule has 0 aliphatic heterocycles. The first-order valence-corrected chi connectivity index (χ1v) is 5.66. The van der Waals surface area contributed by atoms with E-state index >= 15 is 0 Å². The number of hydrogen-bond donors (Lipinski definition) is 0. The highest BCUT2D eigenvalue weighted by atomic mass is 35.5. The molecular weight excluding hydrogens is 290 g/mol. The maximum atomic E-state index is 12.9. The first-order valence-electron chi connectivity index (χ1n) is 4.75. The van der Waals surface area contributed by atoms with Crippen molar-refractivity contribution in [3.05, 3.63) is 40.9 Å². The maximum absolute atomic E-state index is 12.9. The predicted octanol–water partition coefficient (Wildman–Crippen LogP) is 3.68. The minimum atomic E-state index is -4.52. The molecule has 0 saturated heterocycles. The number of nitrogens with zero attached hydrogens (tertiary/aromatic N) is 3. The molecule has 0 saturated carbocycles. The molecule has 96 valence electrons. The molecule has 0 bridgehead atoms. The number of aromatic nitrogens is 3. The Morgan fingerprint density at radius 3 is 2.61 bits per heavy atom. The van der Waals surface area contributed by atoms with Gasteiger partial charge in [0.1, 0.15) is 6.33 Å². The normalized spacial score (nSPS) is 11.8. The van der Waals surface area contributed by atoms with Crippen LogP contribution < -0.4 is 0 Å². The number of halogens is 5. The van der Waals surface area contributed by atoms with Crippen molar-refractivity contribution in [1.82, 2.24) is 14.8 Å². The highest BCUT2D eigenvalue weighted by Gasteiger charge is 2.34. The van der Waals surface area contributed by atoms with E-state index in [4.69, 9.17) is 23.2 Å². The van der Waals surface area contributed by atoms with Gasteiger partial charge in [0.05, 0.1) is 17.1 Å². The van der Waals surface area contributed by atoms with Gasteiger partial charge in [0.15, 0.2) is 5.82 Å². The standard InChI is InChI=1S/C10H6Cl2F3N3/c11-4-9-17-16-5-18(9)8-2-1-6(12)3-7(8)10(13,14)15/h1-3,5H,4H2. The molecule has 0 radical (unpaired) electrons. The van der Waals surface area contributed by atoms with E-state index in [2.05, 4.69) is 10.2 Å². The molecule has 0 atom stereocenters. The monoisotopic (exact) mass is 295 g/mol. The van der Waals surface area contributed by atoms with Gasteiger partial charge in [0.25, 0.3) is 0 Å². The Labute approximate surface area is 110 Å². The van der Waals surface area contributed by atoms with E-state index in [-0.39, 0.29) is 22.4 Å². The Hall–Kier alpha value is -1.27. The van der Waals surface area contributed by atoms with Gasteiger partial charge in [-0.2, -0.15) is 13.2 Å². The zero-order valence-corrected chi connectivity index (χ0v) is 10.3. The van der Waals surface area contributed by atoms with Gasteiger partial charge in [-0.15, -0.1) is 21.8 Å². The molecule has 0 amide bonds. The van der Waals surface area contributed by atoms with Gasteiger partial charge in [-0.25, -0.2) is 0 Å². The van der Waals surface area contributed by atoms with Crippen LogP contribution in [-0.2, 0) is 12.1 Å². The first-order chi connectivity index (χ1) is 8.43. The fraction of sp³-hybridized carbons (Fsp3) is 0.200. The van der Waals surface area contributed by atoms with Crippen LogP contribution in [0, 0.1) is 0 Å². The minimum absolute atomic E-state index is 0.00609. The van der Waals surface area contributed by atoms with Crippen LogP contribution in [0.4, 0.5) is 13.2 Å². The largest absolute Gasteiger partial charge is 0.418 e. The molecule has 1 aromatic carbocycles. The lowest BCUT2D eigenvalue weighted by molar-refractivity contribution is -0.137. The maximum Gasteiger partial charge on any atom is 0.418 e. The highest BCUT2D eigenvalue weighted by Crippen LogP contribution is 2.35. The van der Waals surface area contributed by atoms with Crippen LogP contribution in [0.2, 0.25) is 5.02 Å². The van der Waals surface area contributed by atoms with Gasteiger partial charge in [-0.05, 0) is 18.2 Å². The minimum Gasteiger partial charge on any atom is -0.284 e.